The van der Waals surface area contributed by atoms with Crippen molar-refractivity contribution in [3.8, 4) is 0 Å². The Morgan fingerprint density at radius 3 is 2.76 bits per heavy atom. The molecule has 2 aliphatic rings. The average Bonchev–Trinajstić information content (AvgIpc) is 3.35. The molecule has 0 unspecified atom stereocenters. The summed E-state index contributed by atoms with van der Waals surface area (Å²) in [5, 5.41) is 0. The summed E-state index contributed by atoms with van der Waals surface area (Å²) in [5.41, 5.74) is 0. The van der Waals surface area contributed by atoms with Crippen LogP contribution in [0.2, 0.25) is 0 Å². The third-order valence-electron chi connectivity index (χ3n) is 4.95. The molecular formula is C19H24N2O3S. The number of piperazine rings is 1. The van der Waals surface area contributed by atoms with Crippen molar-refractivity contribution in [2.24, 2.45) is 0 Å². The summed E-state index contributed by atoms with van der Waals surface area (Å²) in [5.74, 6) is 0.432. The van der Waals surface area contributed by atoms with Crippen molar-refractivity contribution in [3.05, 3.63) is 46.0 Å². The number of ether oxygens (including phenoxy) is 1. The van der Waals surface area contributed by atoms with E-state index in [1.54, 1.807) is 18.4 Å². The van der Waals surface area contributed by atoms with E-state index in [0.717, 1.165) is 45.8 Å². The molecule has 0 aliphatic carbocycles. The van der Waals surface area contributed by atoms with E-state index < -0.39 is 0 Å². The molecule has 4 rings (SSSR count). The SMILES string of the molecule is O=C(c1ccco1)N1CCN(Cc2ccc([C@@H]3CCCCO3)s2)CC1. The summed E-state index contributed by atoms with van der Waals surface area (Å²) in [4.78, 5) is 19.4. The highest BCUT2D eigenvalue weighted by atomic mass is 32.1. The maximum Gasteiger partial charge on any atom is 0.289 e. The van der Waals surface area contributed by atoms with Gasteiger partial charge in [-0.25, -0.2) is 0 Å². The Morgan fingerprint density at radius 2 is 2.04 bits per heavy atom. The molecule has 6 heteroatoms. The Bertz CT molecular complexity index is 683. The van der Waals surface area contributed by atoms with Gasteiger partial charge in [-0.05, 0) is 43.5 Å². The molecule has 2 aliphatic heterocycles. The van der Waals surface area contributed by atoms with Gasteiger partial charge in [-0.2, -0.15) is 0 Å². The van der Waals surface area contributed by atoms with Crippen molar-refractivity contribution >= 4 is 17.2 Å². The van der Waals surface area contributed by atoms with E-state index in [2.05, 4.69) is 17.0 Å². The third kappa shape index (κ3) is 3.97. The minimum atomic E-state index is -0.00231. The van der Waals surface area contributed by atoms with Crippen molar-refractivity contribution in [3.63, 3.8) is 0 Å². The summed E-state index contributed by atoms with van der Waals surface area (Å²) in [6, 6.07) is 7.95. The first-order chi connectivity index (χ1) is 12.3. The number of rotatable bonds is 4. The Labute approximate surface area is 152 Å². The van der Waals surface area contributed by atoms with Gasteiger partial charge in [0.15, 0.2) is 5.76 Å². The molecule has 25 heavy (non-hydrogen) atoms. The second kappa shape index (κ2) is 7.72. The van der Waals surface area contributed by atoms with Crippen LogP contribution in [0.25, 0.3) is 0 Å². The maximum atomic E-state index is 12.3. The number of amides is 1. The van der Waals surface area contributed by atoms with Crippen LogP contribution in [0.5, 0.6) is 0 Å². The number of hydrogen-bond acceptors (Lipinski definition) is 5. The zero-order valence-electron chi connectivity index (χ0n) is 14.4. The average molecular weight is 360 g/mol. The normalized spacial score (nSPS) is 22.2. The summed E-state index contributed by atoms with van der Waals surface area (Å²) < 4.78 is 11.1. The van der Waals surface area contributed by atoms with E-state index in [1.807, 2.05) is 16.2 Å². The predicted octanol–water partition coefficient (Wildman–Crippen LogP) is 3.54. The molecule has 4 heterocycles. The standard InChI is InChI=1S/C19H24N2O3S/c22-19(17-5-3-13-24-17)21-10-8-20(9-11-21)14-15-6-7-18(25-15)16-4-1-2-12-23-16/h3,5-7,13,16H,1-2,4,8-12,14H2/t16-/m0/s1. The first-order valence-corrected chi connectivity index (χ1v) is 9.86. The quantitative estimate of drug-likeness (QED) is 0.837. The number of carbonyl (C=O) groups excluding carboxylic acids is 1. The largest absolute Gasteiger partial charge is 0.459 e. The lowest BCUT2D eigenvalue weighted by molar-refractivity contribution is 0.0172. The van der Waals surface area contributed by atoms with Crippen molar-refractivity contribution in [2.75, 3.05) is 32.8 Å². The first-order valence-electron chi connectivity index (χ1n) is 9.05. The van der Waals surface area contributed by atoms with Crippen LogP contribution in [0, 0.1) is 0 Å². The van der Waals surface area contributed by atoms with E-state index >= 15 is 0 Å². The van der Waals surface area contributed by atoms with Crippen molar-refractivity contribution in [1.29, 1.82) is 0 Å². The molecule has 0 saturated carbocycles. The van der Waals surface area contributed by atoms with Gasteiger partial charge in [0.25, 0.3) is 5.91 Å². The smallest absolute Gasteiger partial charge is 0.289 e. The number of hydrogen-bond donors (Lipinski definition) is 0. The lowest BCUT2D eigenvalue weighted by Crippen LogP contribution is -2.48. The van der Waals surface area contributed by atoms with Gasteiger partial charge in [0, 0.05) is 49.1 Å². The highest BCUT2D eigenvalue weighted by Gasteiger charge is 2.24. The molecule has 2 aromatic rings. The molecule has 0 bridgehead atoms. The fourth-order valence-electron chi connectivity index (χ4n) is 3.50. The highest BCUT2D eigenvalue weighted by Crippen LogP contribution is 2.33. The van der Waals surface area contributed by atoms with Crippen LogP contribution in [0.4, 0.5) is 0 Å². The van der Waals surface area contributed by atoms with Gasteiger partial charge in [-0.15, -0.1) is 11.3 Å². The summed E-state index contributed by atoms with van der Waals surface area (Å²) >= 11 is 1.88. The Balaban J connectivity index is 1.28. The molecule has 0 aromatic carbocycles. The minimum Gasteiger partial charge on any atom is -0.459 e. The number of furan rings is 1. The van der Waals surface area contributed by atoms with E-state index in [-0.39, 0.29) is 5.91 Å². The number of nitrogens with zero attached hydrogens (tertiary/aromatic N) is 2. The van der Waals surface area contributed by atoms with Gasteiger partial charge in [-0.3, -0.25) is 9.69 Å². The van der Waals surface area contributed by atoms with Crippen molar-refractivity contribution < 1.29 is 13.9 Å². The van der Waals surface area contributed by atoms with Gasteiger partial charge in [0.2, 0.25) is 0 Å². The first kappa shape index (κ1) is 16.8. The molecule has 0 spiro atoms. The molecule has 0 N–H and O–H groups in total. The second-order valence-corrected chi connectivity index (χ2v) is 7.90. The Hall–Kier alpha value is -1.63. The molecule has 2 fully saturated rings. The van der Waals surface area contributed by atoms with Crippen LogP contribution >= 0.6 is 11.3 Å². The summed E-state index contributed by atoms with van der Waals surface area (Å²) in [7, 11) is 0. The molecule has 2 saturated heterocycles. The van der Waals surface area contributed by atoms with Gasteiger partial charge in [-0.1, -0.05) is 0 Å². The lowest BCUT2D eigenvalue weighted by Gasteiger charge is -2.34. The lowest BCUT2D eigenvalue weighted by atomic mass is 10.1. The van der Waals surface area contributed by atoms with E-state index in [4.69, 9.17) is 9.15 Å². The molecular weight excluding hydrogens is 336 g/mol. The third-order valence-corrected chi connectivity index (χ3v) is 6.11. The predicted molar refractivity (Wildman–Crippen MR) is 96.8 cm³/mol. The van der Waals surface area contributed by atoms with E-state index in [9.17, 15) is 4.79 Å². The van der Waals surface area contributed by atoms with Crippen LogP contribution in [-0.2, 0) is 11.3 Å². The number of carbonyl (C=O) groups is 1. The van der Waals surface area contributed by atoms with Gasteiger partial charge in [0.1, 0.15) is 0 Å². The van der Waals surface area contributed by atoms with Crippen LogP contribution < -0.4 is 0 Å². The van der Waals surface area contributed by atoms with E-state index in [1.165, 1.54) is 22.6 Å². The molecule has 1 amide bonds. The minimum absolute atomic E-state index is 0.00231. The molecule has 2 aromatic heterocycles. The zero-order chi connectivity index (χ0) is 17.1. The van der Waals surface area contributed by atoms with Crippen LogP contribution in [0.15, 0.2) is 34.9 Å². The molecule has 0 radical (unpaired) electrons. The summed E-state index contributed by atoms with van der Waals surface area (Å²) in [6.45, 7) is 5.16. The van der Waals surface area contributed by atoms with Crippen molar-refractivity contribution in [2.45, 2.75) is 31.9 Å². The fraction of sp³-hybridized carbons (Fsp3) is 0.526. The molecule has 5 nitrogen and oxygen atoms in total. The van der Waals surface area contributed by atoms with Gasteiger partial charge >= 0.3 is 0 Å². The zero-order valence-corrected chi connectivity index (χ0v) is 15.2. The topological polar surface area (TPSA) is 45.9 Å². The maximum absolute atomic E-state index is 12.3. The van der Waals surface area contributed by atoms with Crippen molar-refractivity contribution in [1.82, 2.24) is 9.80 Å². The summed E-state index contributed by atoms with van der Waals surface area (Å²) in [6.07, 6.45) is 5.45. The van der Waals surface area contributed by atoms with Crippen LogP contribution in [0.1, 0.15) is 45.7 Å². The monoisotopic (exact) mass is 360 g/mol. The molecule has 1 atom stereocenters. The molecule has 134 valence electrons. The van der Waals surface area contributed by atoms with Crippen LogP contribution in [-0.4, -0.2) is 48.5 Å². The van der Waals surface area contributed by atoms with Gasteiger partial charge in [0.05, 0.1) is 12.4 Å². The van der Waals surface area contributed by atoms with Crippen LogP contribution in [0.3, 0.4) is 0 Å². The Kier molecular flexibility index (Phi) is 5.20. The fourth-order valence-corrected chi connectivity index (χ4v) is 4.64. The number of thiophene rings is 1. The Morgan fingerprint density at radius 1 is 1.16 bits per heavy atom. The van der Waals surface area contributed by atoms with E-state index in [0.29, 0.717) is 11.9 Å². The van der Waals surface area contributed by atoms with Gasteiger partial charge < -0.3 is 14.1 Å². The second-order valence-electron chi connectivity index (χ2n) is 6.70. The highest BCUT2D eigenvalue weighted by molar-refractivity contribution is 7.12.